The molecule has 1 amide bonds. The van der Waals surface area contributed by atoms with Crippen molar-refractivity contribution in [2.45, 2.75) is 157 Å². The average Bonchev–Trinajstić information content (AvgIpc) is 3.04. The van der Waals surface area contributed by atoms with Gasteiger partial charge in [0.2, 0.25) is 0 Å². The number of nitrogens with zero attached hydrogens (tertiary/aromatic N) is 1. The van der Waals surface area contributed by atoms with Crippen molar-refractivity contribution >= 4 is 6.09 Å². The first kappa shape index (κ1) is 37.5. The number of benzene rings is 2. The summed E-state index contributed by atoms with van der Waals surface area (Å²) in [6.07, 6.45) is 12.3. The quantitative estimate of drug-likeness (QED) is 0.350. The van der Waals surface area contributed by atoms with Crippen LogP contribution in [0.25, 0.3) is 0 Å². The molecule has 1 N–H and O–H groups in total. The molecule has 6 nitrogen and oxygen atoms in total. The minimum atomic E-state index is -0.457. The monoisotopic (exact) mass is 675 g/mol. The molecule has 2 heterocycles. The molecule has 4 aliphatic rings. The third-order valence-electron chi connectivity index (χ3n) is 11.3. The molecule has 0 aromatic heterocycles. The van der Waals surface area contributed by atoms with Gasteiger partial charge in [-0.1, -0.05) is 53.7 Å². The van der Waals surface area contributed by atoms with E-state index in [1.54, 1.807) is 4.90 Å². The van der Waals surface area contributed by atoms with Gasteiger partial charge in [-0.05, 0) is 161 Å². The van der Waals surface area contributed by atoms with Crippen LogP contribution in [0.2, 0.25) is 0 Å². The van der Waals surface area contributed by atoms with Gasteiger partial charge in [-0.3, -0.25) is 0 Å². The molecule has 2 fully saturated rings. The van der Waals surface area contributed by atoms with E-state index in [9.17, 15) is 4.79 Å². The third kappa shape index (κ3) is 10.9. The lowest BCUT2D eigenvalue weighted by molar-refractivity contribution is 0.0224. The molecule has 0 unspecified atom stereocenters. The lowest BCUT2D eigenvalue weighted by Crippen LogP contribution is -2.39. The summed E-state index contributed by atoms with van der Waals surface area (Å²) in [5, 5.41) is 3.42. The molecular weight excluding hydrogens is 608 g/mol. The van der Waals surface area contributed by atoms with E-state index in [2.05, 4.69) is 83.3 Å². The third-order valence-corrected chi connectivity index (χ3v) is 11.3. The Labute approximate surface area is 298 Å². The Morgan fingerprint density at radius 2 is 1.14 bits per heavy atom. The second-order valence-corrected chi connectivity index (χ2v) is 18.4. The molecule has 6 rings (SSSR count). The van der Waals surface area contributed by atoms with Gasteiger partial charge in [-0.2, -0.15) is 0 Å². The molecule has 6 heteroatoms. The van der Waals surface area contributed by atoms with Gasteiger partial charge < -0.3 is 24.4 Å². The van der Waals surface area contributed by atoms with Crippen LogP contribution in [0, 0.1) is 22.7 Å². The summed E-state index contributed by atoms with van der Waals surface area (Å²) in [5.74, 6) is 3.71. The smallest absolute Gasteiger partial charge is 0.410 e. The van der Waals surface area contributed by atoms with Crippen LogP contribution >= 0.6 is 0 Å². The molecule has 0 radical (unpaired) electrons. The first-order chi connectivity index (χ1) is 23.0. The lowest BCUT2D eigenvalue weighted by Gasteiger charge is -2.37. The molecule has 2 saturated carbocycles. The molecule has 2 aromatic rings. The van der Waals surface area contributed by atoms with Crippen LogP contribution in [0.5, 0.6) is 11.5 Å². The Morgan fingerprint density at radius 1 is 0.653 bits per heavy atom. The Kier molecular flexibility index (Phi) is 12.0. The van der Waals surface area contributed by atoms with Crippen LogP contribution in [0.4, 0.5) is 4.79 Å². The van der Waals surface area contributed by atoms with Crippen LogP contribution in [-0.4, -0.2) is 41.9 Å². The number of ether oxygens (including phenoxy) is 3. The summed E-state index contributed by atoms with van der Waals surface area (Å²) >= 11 is 0. The van der Waals surface area contributed by atoms with Gasteiger partial charge >= 0.3 is 6.09 Å². The Hall–Kier alpha value is -2.73. The van der Waals surface area contributed by atoms with Gasteiger partial charge in [0, 0.05) is 19.6 Å². The standard InChI is InChI=1S/C24H37NO3.C19H29NO/c1-23(2,3)19-8-11-20(12-9-19)27-21-10-7-18-16-25(14-13-17(18)15-21)22(26)28-24(4,5)6;1-19(2,3)16-5-8-17(9-6-16)21-18-7-4-15-13-20-11-10-14(15)12-18/h7,10,15,19-20H,8-9,11-14,16H2,1-6H3;4,7,12,16-17,20H,5-6,8-11,13H2,1-3H3. The fraction of sp³-hybridized carbons (Fsp3) is 0.698. The fourth-order valence-corrected chi connectivity index (χ4v) is 8.09. The fourth-order valence-electron chi connectivity index (χ4n) is 8.09. The maximum absolute atomic E-state index is 12.3. The number of nitrogens with one attached hydrogen (secondary N) is 1. The maximum Gasteiger partial charge on any atom is 0.410 e. The van der Waals surface area contributed by atoms with Crippen molar-refractivity contribution in [1.82, 2.24) is 10.2 Å². The highest BCUT2D eigenvalue weighted by Crippen LogP contribution is 2.40. The van der Waals surface area contributed by atoms with Gasteiger partial charge in [0.15, 0.2) is 0 Å². The average molecular weight is 675 g/mol. The van der Waals surface area contributed by atoms with Gasteiger partial charge in [-0.15, -0.1) is 0 Å². The molecule has 2 aromatic carbocycles. The summed E-state index contributed by atoms with van der Waals surface area (Å²) in [6, 6.07) is 13.0. The predicted octanol–water partition coefficient (Wildman–Crippen LogP) is 10.3. The van der Waals surface area contributed by atoms with E-state index >= 15 is 0 Å². The number of hydrogen-bond donors (Lipinski definition) is 1. The highest BCUT2D eigenvalue weighted by atomic mass is 16.6. The van der Waals surface area contributed by atoms with E-state index in [-0.39, 0.29) is 6.09 Å². The molecule has 0 saturated heterocycles. The van der Waals surface area contributed by atoms with E-state index in [0.717, 1.165) is 62.1 Å². The largest absolute Gasteiger partial charge is 0.490 e. The second kappa shape index (κ2) is 15.7. The van der Waals surface area contributed by atoms with Crippen molar-refractivity contribution in [1.29, 1.82) is 0 Å². The van der Waals surface area contributed by atoms with E-state index in [0.29, 0.717) is 36.1 Å². The zero-order chi connectivity index (χ0) is 35.4. The summed E-state index contributed by atoms with van der Waals surface area (Å²) < 4.78 is 18.1. The summed E-state index contributed by atoms with van der Waals surface area (Å²) in [5.41, 5.74) is 5.78. The molecule has 0 spiro atoms. The molecule has 2 aliphatic heterocycles. The molecule has 0 atom stereocenters. The predicted molar refractivity (Wildman–Crippen MR) is 200 cm³/mol. The summed E-state index contributed by atoms with van der Waals surface area (Å²) in [4.78, 5) is 14.1. The highest BCUT2D eigenvalue weighted by Gasteiger charge is 2.32. The Bertz CT molecular complexity index is 1380. The van der Waals surface area contributed by atoms with Crippen molar-refractivity contribution in [3.8, 4) is 11.5 Å². The Morgan fingerprint density at radius 3 is 1.63 bits per heavy atom. The first-order valence-electron chi connectivity index (χ1n) is 19.3. The van der Waals surface area contributed by atoms with Crippen LogP contribution < -0.4 is 14.8 Å². The van der Waals surface area contributed by atoms with Gasteiger partial charge in [0.1, 0.15) is 17.1 Å². The molecule has 49 heavy (non-hydrogen) atoms. The van der Waals surface area contributed by atoms with Crippen LogP contribution in [0.1, 0.15) is 136 Å². The molecule has 2 aliphatic carbocycles. The van der Waals surface area contributed by atoms with Crippen molar-refractivity contribution in [2.24, 2.45) is 22.7 Å². The van der Waals surface area contributed by atoms with E-state index in [1.165, 1.54) is 60.8 Å². The number of carbonyl (C=O) groups is 1. The van der Waals surface area contributed by atoms with E-state index < -0.39 is 5.60 Å². The molecule has 0 bridgehead atoms. The highest BCUT2D eigenvalue weighted by molar-refractivity contribution is 5.68. The van der Waals surface area contributed by atoms with Crippen LogP contribution in [0.3, 0.4) is 0 Å². The number of amides is 1. The number of rotatable bonds is 4. The lowest BCUT2D eigenvalue weighted by atomic mass is 9.72. The van der Waals surface area contributed by atoms with Crippen molar-refractivity contribution in [2.75, 3.05) is 13.1 Å². The second-order valence-electron chi connectivity index (χ2n) is 18.4. The molecule has 272 valence electrons. The van der Waals surface area contributed by atoms with Crippen LogP contribution in [0.15, 0.2) is 36.4 Å². The zero-order valence-electron chi connectivity index (χ0n) is 32.3. The summed E-state index contributed by atoms with van der Waals surface area (Å²) in [6.45, 7) is 23.3. The molecular formula is C43H66N2O4. The SMILES string of the molecule is CC(C)(C)C1CCC(Oc2ccc3c(c2)CCNC3)CC1.CC(C)(C)OC(=O)N1CCc2cc(OC3CCC(C(C)(C)C)CC3)ccc2C1. The van der Waals surface area contributed by atoms with E-state index in [4.69, 9.17) is 14.2 Å². The van der Waals surface area contributed by atoms with Crippen molar-refractivity contribution in [3.63, 3.8) is 0 Å². The number of hydrogen-bond acceptors (Lipinski definition) is 5. The van der Waals surface area contributed by atoms with E-state index in [1.807, 2.05) is 20.8 Å². The topological polar surface area (TPSA) is 60.0 Å². The zero-order valence-corrected chi connectivity index (χ0v) is 32.3. The maximum atomic E-state index is 12.3. The normalized spacial score (nSPS) is 24.5. The number of carbonyl (C=O) groups excluding carboxylic acids is 1. The minimum Gasteiger partial charge on any atom is -0.490 e. The van der Waals surface area contributed by atoms with Gasteiger partial charge in [0.25, 0.3) is 0 Å². The van der Waals surface area contributed by atoms with Crippen molar-refractivity contribution < 1.29 is 19.0 Å². The summed E-state index contributed by atoms with van der Waals surface area (Å²) in [7, 11) is 0. The minimum absolute atomic E-state index is 0.228. The van der Waals surface area contributed by atoms with Crippen molar-refractivity contribution in [3.05, 3.63) is 58.7 Å². The van der Waals surface area contributed by atoms with Gasteiger partial charge in [-0.25, -0.2) is 4.79 Å². The Balaban J connectivity index is 0.000000199. The van der Waals surface area contributed by atoms with Crippen LogP contribution in [-0.2, 0) is 30.7 Å². The first-order valence-corrected chi connectivity index (χ1v) is 19.3. The number of fused-ring (bicyclic) bond motifs is 2. The van der Waals surface area contributed by atoms with Gasteiger partial charge in [0.05, 0.1) is 12.2 Å².